The average molecular weight is 392 g/mol. The fourth-order valence-electron chi connectivity index (χ4n) is 2.85. The van der Waals surface area contributed by atoms with Crippen LogP contribution in [0.25, 0.3) is 0 Å². The Morgan fingerprint density at radius 1 is 1.12 bits per heavy atom. The Morgan fingerprint density at radius 2 is 1.73 bits per heavy atom. The van der Waals surface area contributed by atoms with E-state index in [1.165, 1.54) is 5.06 Å². The number of nitrogens with two attached hydrogens (primary N) is 1. The van der Waals surface area contributed by atoms with Gasteiger partial charge in [0.05, 0.1) is 4.90 Å². The van der Waals surface area contributed by atoms with E-state index in [1.54, 1.807) is 43.3 Å². The number of halogens is 1. The van der Waals surface area contributed by atoms with Crippen molar-refractivity contribution in [3.05, 3.63) is 76.4 Å². The van der Waals surface area contributed by atoms with Crippen LogP contribution in [0.15, 0.2) is 75.3 Å². The zero-order valence-corrected chi connectivity index (χ0v) is 15.8. The van der Waals surface area contributed by atoms with Gasteiger partial charge in [0.25, 0.3) is 0 Å². The number of hydrazone groups is 1. The molecule has 1 aliphatic heterocycles. The first-order chi connectivity index (χ1) is 12.4. The molecule has 0 saturated carbocycles. The third kappa shape index (κ3) is 3.15. The van der Waals surface area contributed by atoms with Crippen molar-refractivity contribution in [3.63, 3.8) is 0 Å². The topological polar surface area (TPSA) is 85.0 Å². The van der Waals surface area contributed by atoms with E-state index < -0.39 is 15.9 Å². The first-order valence-corrected chi connectivity index (χ1v) is 9.70. The second-order valence-electron chi connectivity index (χ2n) is 5.87. The summed E-state index contributed by atoms with van der Waals surface area (Å²) >= 11 is 6.07. The van der Waals surface area contributed by atoms with Gasteiger partial charge >= 0.3 is 0 Å². The molecule has 0 fully saturated rings. The Hall–Kier alpha value is -2.51. The van der Waals surface area contributed by atoms with Crippen LogP contribution in [0.2, 0.25) is 0 Å². The third-order valence-electron chi connectivity index (χ3n) is 4.09. The molecule has 1 unspecified atom stereocenters. The Labute approximate surface area is 157 Å². The molecule has 0 aliphatic carbocycles. The van der Waals surface area contributed by atoms with Gasteiger partial charge in [0.1, 0.15) is 16.7 Å². The summed E-state index contributed by atoms with van der Waals surface area (Å²) < 4.78 is 26.6. The van der Waals surface area contributed by atoms with E-state index >= 15 is 0 Å². The number of hydrogen-bond acceptors (Lipinski definition) is 5. The van der Waals surface area contributed by atoms with E-state index in [2.05, 4.69) is 5.10 Å². The summed E-state index contributed by atoms with van der Waals surface area (Å²) in [6, 6.07) is 14.9. The van der Waals surface area contributed by atoms with Gasteiger partial charge in [0.2, 0.25) is 15.1 Å². The fourth-order valence-corrected chi connectivity index (χ4v) is 4.67. The number of nitrogens with zero attached hydrogens (tertiary/aromatic N) is 2. The predicted octanol–water partition coefficient (Wildman–Crippen LogP) is 3.46. The van der Waals surface area contributed by atoms with Gasteiger partial charge in [-0.05, 0) is 43.1 Å². The smallest absolute Gasteiger partial charge is 0.250 e. The highest BCUT2D eigenvalue weighted by Gasteiger charge is 2.43. The first-order valence-electron chi connectivity index (χ1n) is 7.84. The standard InChI is InChI=1S/C18H18ClN3O3S/c1-12-8-10-15(11-9-12)26(23,24)17-13(2)25-22(18(19)21-20)16(17)14-6-4-3-5-7-14/h3-11,16H,20H2,1-2H3. The second kappa shape index (κ2) is 7.01. The van der Waals surface area contributed by atoms with Crippen molar-refractivity contribution in [3.8, 4) is 0 Å². The molecule has 0 saturated heterocycles. The maximum atomic E-state index is 13.3. The maximum Gasteiger partial charge on any atom is 0.250 e. The monoisotopic (exact) mass is 391 g/mol. The number of sulfone groups is 1. The van der Waals surface area contributed by atoms with E-state index in [9.17, 15) is 8.42 Å². The lowest BCUT2D eigenvalue weighted by Crippen LogP contribution is -2.29. The van der Waals surface area contributed by atoms with Crippen LogP contribution in [-0.2, 0) is 14.7 Å². The molecule has 26 heavy (non-hydrogen) atoms. The SMILES string of the molecule is CC1=C(S(=O)(=O)c2ccc(C)cc2)C(c2ccccc2)N(C(Cl)=NN)O1. The van der Waals surface area contributed by atoms with Crippen LogP contribution in [0.4, 0.5) is 0 Å². The quantitative estimate of drug-likeness (QED) is 0.285. The summed E-state index contributed by atoms with van der Waals surface area (Å²) in [6.45, 7) is 3.48. The summed E-state index contributed by atoms with van der Waals surface area (Å²) in [6.07, 6.45) is 0. The lowest BCUT2D eigenvalue weighted by atomic mass is 10.1. The van der Waals surface area contributed by atoms with Crippen molar-refractivity contribution < 1.29 is 13.3 Å². The van der Waals surface area contributed by atoms with Gasteiger partial charge in [-0.15, -0.1) is 5.10 Å². The van der Waals surface area contributed by atoms with Gasteiger partial charge < -0.3 is 10.7 Å². The Morgan fingerprint density at radius 3 is 2.31 bits per heavy atom. The van der Waals surface area contributed by atoms with Crippen LogP contribution in [-0.4, -0.2) is 18.8 Å². The van der Waals surface area contributed by atoms with Crippen LogP contribution in [0.3, 0.4) is 0 Å². The van der Waals surface area contributed by atoms with Gasteiger partial charge in [-0.3, -0.25) is 0 Å². The van der Waals surface area contributed by atoms with Gasteiger partial charge in [-0.1, -0.05) is 48.0 Å². The molecule has 8 heteroatoms. The van der Waals surface area contributed by atoms with Crippen molar-refractivity contribution in [2.45, 2.75) is 24.8 Å². The number of hydrogen-bond donors (Lipinski definition) is 1. The van der Waals surface area contributed by atoms with Crippen molar-refractivity contribution >= 4 is 26.7 Å². The van der Waals surface area contributed by atoms with Gasteiger partial charge in [0.15, 0.2) is 0 Å². The fraction of sp³-hybridized carbons (Fsp3) is 0.167. The summed E-state index contributed by atoms with van der Waals surface area (Å²) in [5.74, 6) is 5.51. The molecule has 2 N–H and O–H groups in total. The number of benzene rings is 2. The Balaban J connectivity index is 2.17. The normalized spacial score (nSPS) is 18.2. The molecule has 0 radical (unpaired) electrons. The molecule has 1 aliphatic rings. The largest absolute Gasteiger partial charge is 0.380 e. The molecule has 0 amide bonds. The molecular formula is C18H18ClN3O3S. The van der Waals surface area contributed by atoms with E-state index in [-0.39, 0.29) is 20.9 Å². The molecule has 1 atom stereocenters. The van der Waals surface area contributed by atoms with Crippen LogP contribution in [0.5, 0.6) is 0 Å². The minimum absolute atomic E-state index is 0.106. The summed E-state index contributed by atoms with van der Waals surface area (Å²) in [4.78, 5) is 5.91. The number of aryl methyl sites for hydroxylation is 1. The van der Waals surface area contributed by atoms with Crippen molar-refractivity contribution in [1.29, 1.82) is 0 Å². The Bertz CT molecular complexity index is 971. The summed E-state index contributed by atoms with van der Waals surface area (Å²) in [7, 11) is -3.82. The maximum absolute atomic E-state index is 13.3. The molecule has 1 heterocycles. The lowest BCUT2D eigenvalue weighted by Gasteiger charge is -2.24. The van der Waals surface area contributed by atoms with Crippen LogP contribution in [0, 0.1) is 6.92 Å². The number of amidine groups is 1. The zero-order valence-electron chi connectivity index (χ0n) is 14.3. The predicted molar refractivity (Wildman–Crippen MR) is 101 cm³/mol. The zero-order chi connectivity index (χ0) is 18.9. The van der Waals surface area contributed by atoms with E-state index in [0.29, 0.717) is 5.56 Å². The average Bonchev–Trinajstić information content (AvgIpc) is 3.00. The second-order valence-corrected chi connectivity index (χ2v) is 8.12. The van der Waals surface area contributed by atoms with E-state index in [4.69, 9.17) is 22.3 Å². The van der Waals surface area contributed by atoms with Gasteiger partial charge in [-0.2, -0.15) is 5.06 Å². The van der Waals surface area contributed by atoms with E-state index in [1.807, 2.05) is 25.1 Å². The Kier molecular flexibility index (Phi) is 4.93. The number of hydroxylamine groups is 2. The molecule has 0 spiro atoms. The van der Waals surface area contributed by atoms with Crippen molar-refractivity contribution in [1.82, 2.24) is 5.06 Å². The third-order valence-corrected chi connectivity index (χ3v) is 6.34. The van der Waals surface area contributed by atoms with E-state index in [0.717, 1.165) is 5.56 Å². The molecule has 2 aromatic carbocycles. The highest BCUT2D eigenvalue weighted by atomic mass is 35.5. The van der Waals surface area contributed by atoms with Gasteiger partial charge in [-0.25, -0.2) is 8.42 Å². The minimum Gasteiger partial charge on any atom is -0.380 e. The van der Waals surface area contributed by atoms with Crippen LogP contribution >= 0.6 is 11.6 Å². The first kappa shape index (κ1) is 18.3. The molecule has 136 valence electrons. The molecule has 3 rings (SSSR count). The molecule has 2 aromatic rings. The molecule has 6 nitrogen and oxygen atoms in total. The minimum atomic E-state index is -3.82. The molecule has 0 aromatic heterocycles. The number of allylic oxidation sites excluding steroid dienone is 1. The van der Waals surface area contributed by atoms with Gasteiger partial charge in [0, 0.05) is 0 Å². The highest BCUT2D eigenvalue weighted by molar-refractivity contribution is 7.95. The highest BCUT2D eigenvalue weighted by Crippen LogP contribution is 2.43. The van der Waals surface area contributed by atoms with Crippen LogP contribution < -0.4 is 5.84 Å². The summed E-state index contributed by atoms with van der Waals surface area (Å²) in [5.41, 5.74) is 1.66. The number of rotatable bonds is 3. The summed E-state index contributed by atoms with van der Waals surface area (Å²) in [5, 5.41) is 4.50. The molecule has 0 bridgehead atoms. The van der Waals surface area contributed by atoms with Crippen molar-refractivity contribution in [2.24, 2.45) is 10.9 Å². The molecular weight excluding hydrogens is 374 g/mol. The van der Waals surface area contributed by atoms with Crippen molar-refractivity contribution in [2.75, 3.05) is 0 Å². The lowest BCUT2D eigenvalue weighted by molar-refractivity contribution is -0.0451. The van der Waals surface area contributed by atoms with Crippen LogP contribution in [0.1, 0.15) is 24.1 Å².